The lowest BCUT2D eigenvalue weighted by atomic mass is 10.1. The van der Waals surface area contributed by atoms with Crippen molar-refractivity contribution in [3.8, 4) is 11.5 Å². The molecule has 1 aliphatic rings. The topological polar surface area (TPSA) is 54.1 Å². The van der Waals surface area contributed by atoms with Gasteiger partial charge >= 0.3 is 0 Å². The Bertz CT molecular complexity index is 381. The zero-order valence-corrected chi connectivity index (χ0v) is 10.1. The highest BCUT2D eigenvalue weighted by molar-refractivity contribution is 5.44. The van der Waals surface area contributed by atoms with Gasteiger partial charge in [-0.1, -0.05) is 6.07 Å². The molecule has 0 amide bonds. The summed E-state index contributed by atoms with van der Waals surface area (Å²) in [6, 6.07) is 5.54. The first-order chi connectivity index (χ1) is 8.20. The van der Waals surface area contributed by atoms with Gasteiger partial charge in [0.2, 0.25) is 0 Å². The number of aliphatic hydroxyl groups excluding tert-OH is 1. The Labute approximate surface area is 101 Å². The Kier molecular flexibility index (Phi) is 3.86. The van der Waals surface area contributed by atoms with Gasteiger partial charge in [-0.2, -0.15) is 0 Å². The van der Waals surface area contributed by atoms with Crippen LogP contribution >= 0.6 is 0 Å². The molecule has 4 nitrogen and oxygen atoms in total. The number of methoxy groups -OCH3 is 1. The lowest BCUT2D eigenvalue weighted by Crippen LogP contribution is -3.12. The Balaban J connectivity index is 2.07. The molecule has 1 aromatic rings. The number of benzene rings is 1. The van der Waals surface area contributed by atoms with Crippen LogP contribution in [-0.4, -0.2) is 36.5 Å². The van der Waals surface area contributed by atoms with E-state index >= 15 is 0 Å². The molecule has 0 aromatic heterocycles. The molecule has 2 rings (SSSR count). The predicted octanol–water partition coefficient (Wildman–Crippen LogP) is -0.0596. The van der Waals surface area contributed by atoms with Gasteiger partial charge in [0.25, 0.3) is 0 Å². The van der Waals surface area contributed by atoms with Gasteiger partial charge in [0.15, 0.2) is 11.5 Å². The Morgan fingerprint density at radius 2 is 2.29 bits per heavy atom. The number of phenols is 1. The predicted molar refractivity (Wildman–Crippen MR) is 64.3 cm³/mol. The Hall–Kier alpha value is -1.26. The number of ether oxygens (including phenoxy) is 1. The molecule has 0 radical (unpaired) electrons. The summed E-state index contributed by atoms with van der Waals surface area (Å²) >= 11 is 0. The fraction of sp³-hybridized carbons (Fsp3) is 0.538. The lowest BCUT2D eigenvalue weighted by Gasteiger charge is -2.27. The molecule has 4 heteroatoms. The zero-order valence-electron chi connectivity index (χ0n) is 10.1. The van der Waals surface area contributed by atoms with Crippen LogP contribution in [0.15, 0.2) is 18.2 Å². The number of aromatic hydroxyl groups is 1. The van der Waals surface area contributed by atoms with Crippen molar-refractivity contribution < 1.29 is 19.8 Å². The highest BCUT2D eigenvalue weighted by atomic mass is 16.5. The quantitative estimate of drug-likeness (QED) is 0.691. The van der Waals surface area contributed by atoms with Crippen LogP contribution in [0.5, 0.6) is 11.5 Å². The number of rotatable bonds is 3. The molecule has 1 saturated heterocycles. The van der Waals surface area contributed by atoms with Crippen molar-refractivity contribution in [2.75, 3.05) is 20.2 Å². The van der Waals surface area contributed by atoms with Crippen LogP contribution in [0.25, 0.3) is 0 Å². The van der Waals surface area contributed by atoms with Crippen molar-refractivity contribution in [3.05, 3.63) is 23.8 Å². The molecule has 0 aliphatic carbocycles. The summed E-state index contributed by atoms with van der Waals surface area (Å²) in [7, 11) is 1.55. The summed E-state index contributed by atoms with van der Waals surface area (Å²) in [5.41, 5.74) is 0.883. The molecule has 1 fully saturated rings. The van der Waals surface area contributed by atoms with Crippen molar-refractivity contribution >= 4 is 0 Å². The van der Waals surface area contributed by atoms with Gasteiger partial charge in [-0.3, -0.25) is 0 Å². The second-order valence-corrected chi connectivity index (χ2v) is 4.64. The first kappa shape index (κ1) is 12.2. The zero-order chi connectivity index (χ0) is 12.3. The number of hydrogen-bond donors (Lipinski definition) is 3. The SMILES string of the molecule is COc1cccc(C[NH+]2CCC[C@@H](O)C2)c1O. The van der Waals surface area contributed by atoms with Gasteiger partial charge in [-0.25, -0.2) is 0 Å². The number of piperidine rings is 1. The first-order valence-corrected chi connectivity index (χ1v) is 6.07. The summed E-state index contributed by atoms with van der Waals surface area (Å²) in [6.45, 7) is 2.55. The van der Waals surface area contributed by atoms with Crippen LogP contribution in [0.1, 0.15) is 18.4 Å². The number of hydrogen-bond acceptors (Lipinski definition) is 3. The van der Waals surface area contributed by atoms with Crippen molar-refractivity contribution in [1.29, 1.82) is 0 Å². The summed E-state index contributed by atoms with van der Waals surface area (Å²) in [5, 5.41) is 19.6. The lowest BCUT2D eigenvalue weighted by molar-refractivity contribution is -0.921. The summed E-state index contributed by atoms with van der Waals surface area (Å²) in [4.78, 5) is 1.31. The van der Waals surface area contributed by atoms with Gasteiger partial charge < -0.3 is 19.8 Å². The molecule has 2 atom stereocenters. The van der Waals surface area contributed by atoms with Crippen molar-refractivity contribution in [2.45, 2.75) is 25.5 Å². The van der Waals surface area contributed by atoms with E-state index in [9.17, 15) is 10.2 Å². The maximum atomic E-state index is 9.98. The molecule has 1 aromatic carbocycles. The Morgan fingerprint density at radius 1 is 1.47 bits per heavy atom. The smallest absolute Gasteiger partial charge is 0.166 e. The van der Waals surface area contributed by atoms with Crippen molar-refractivity contribution in [3.63, 3.8) is 0 Å². The molecule has 0 saturated carbocycles. The number of aliphatic hydroxyl groups is 1. The molecule has 17 heavy (non-hydrogen) atoms. The third-order valence-electron chi connectivity index (χ3n) is 3.33. The van der Waals surface area contributed by atoms with Crippen LogP contribution in [0, 0.1) is 0 Å². The van der Waals surface area contributed by atoms with Crippen LogP contribution in [0.3, 0.4) is 0 Å². The second kappa shape index (κ2) is 5.38. The largest absolute Gasteiger partial charge is 0.504 e. The third kappa shape index (κ3) is 2.90. The van der Waals surface area contributed by atoms with Crippen molar-refractivity contribution in [2.24, 2.45) is 0 Å². The maximum Gasteiger partial charge on any atom is 0.166 e. The monoisotopic (exact) mass is 238 g/mol. The number of phenolic OH excluding ortho intramolecular Hbond substituents is 1. The average Bonchev–Trinajstić information content (AvgIpc) is 2.32. The van der Waals surface area contributed by atoms with Gasteiger partial charge in [-0.05, 0) is 25.0 Å². The fourth-order valence-corrected chi connectivity index (χ4v) is 2.43. The molecule has 3 N–H and O–H groups in total. The van der Waals surface area contributed by atoms with E-state index in [1.165, 1.54) is 4.90 Å². The van der Waals surface area contributed by atoms with Gasteiger partial charge in [0, 0.05) is 0 Å². The molecule has 0 bridgehead atoms. The second-order valence-electron chi connectivity index (χ2n) is 4.64. The minimum absolute atomic E-state index is 0.202. The van der Waals surface area contributed by atoms with Crippen LogP contribution in [0.2, 0.25) is 0 Å². The van der Waals surface area contributed by atoms with Crippen LogP contribution in [-0.2, 0) is 6.54 Å². The summed E-state index contributed by atoms with van der Waals surface area (Å²) < 4.78 is 5.09. The van der Waals surface area contributed by atoms with E-state index in [4.69, 9.17) is 4.74 Å². The normalized spacial score (nSPS) is 24.6. The van der Waals surface area contributed by atoms with E-state index in [2.05, 4.69) is 0 Å². The molecular formula is C13H20NO3+. The van der Waals surface area contributed by atoms with E-state index in [0.717, 1.165) is 38.0 Å². The standard InChI is InChI=1S/C13H19NO3/c1-17-12-6-2-4-10(13(12)16)8-14-7-3-5-11(15)9-14/h2,4,6,11,15-16H,3,5,7-9H2,1H3/p+1/t11-/m1/s1. The first-order valence-electron chi connectivity index (χ1n) is 6.07. The minimum Gasteiger partial charge on any atom is -0.504 e. The van der Waals surface area contributed by atoms with Gasteiger partial charge in [-0.15, -0.1) is 0 Å². The van der Waals surface area contributed by atoms with E-state index in [0.29, 0.717) is 5.75 Å². The maximum absolute atomic E-state index is 9.98. The molecule has 94 valence electrons. The van der Waals surface area contributed by atoms with E-state index in [1.54, 1.807) is 13.2 Å². The Morgan fingerprint density at radius 3 is 3.00 bits per heavy atom. The van der Waals surface area contributed by atoms with Gasteiger partial charge in [0.05, 0.1) is 19.2 Å². The van der Waals surface area contributed by atoms with E-state index < -0.39 is 0 Å². The molecule has 1 heterocycles. The highest BCUT2D eigenvalue weighted by Crippen LogP contribution is 2.28. The molecular weight excluding hydrogens is 218 g/mol. The number of para-hydroxylation sites is 1. The molecule has 1 unspecified atom stereocenters. The highest BCUT2D eigenvalue weighted by Gasteiger charge is 2.22. The van der Waals surface area contributed by atoms with Crippen LogP contribution in [0.4, 0.5) is 0 Å². The fourth-order valence-electron chi connectivity index (χ4n) is 2.43. The number of likely N-dealkylation sites (tertiary alicyclic amines) is 1. The summed E-state index contributed by atoms with van der Waals surface area (Å²) in [5.74, 6) is 0.738. The van der Waals surface area contributed by atoms with E-state index in [-0.39, 0.29) is 11.9 Å². The molecule has 1 aliphatic heterocycles. The number of nitrogens with one attached hydrogen (secondary N) is 1. The number of quaternary nitrogens is 1. The van der Waals surface area contributed by atoms with Gasteiger partial charge in [0.1, 0.15) is 19.2 Å². The molecule has 0 spiro atoms. The third-order valence-corrected chi connectivity index (χ3v) is 3.33. The van der Waals surface area contributed by atoms with E-state index in [1.807, 2.05) is 12.1 Å². The minimum atomic E-state index is -0.202. The van der Waals surface area contributed by atoms with Crippen molar-refractivity contribution in [1.82, 2.24) is 0 Å². The average molecular weight is 238 g/mol. The summed E-state index contributed by atoms with van der Waals surface area (Å²) in [6.07, 6.45) is 1.74. The van der Waals surface area contributed by atoms with Crippen LogP contribution < -0.4 is 9.64 Å².